The second kappa shape index (κ2) is 6.88. The van der Waals surface area contributed by atoms with Gasteiger partial charge in [-0.15, -0.1) is 11.3 Å². The standard InChI is InChI=1S/C21H15F3N4OS/c22-21(23,24)12-28-18(25-15-9-5-4-8-14(15)19(28)29)17-16(13-6-2-1-3-7-13)26-20-27(17)10-11-30-20/h1-11,18,25H,12H2. The van der Waals surface area contributed by atoms with Gasteiger partial charge in [-0.25, -0.2) is 4.98 Å². The third-order valence-corrected chi connectivity index (χ3v) is 5.73. The first-order valence-electron chi connectivity index (χ1n) is 9.16. The molecule has 0 saturated carbocycles. The Morgan fingerprint density at radius 2 is 1.80 bits per heavy atom. The molecule has 3 heterocycles. The number of imidazole rings is 1. The average molecular weight is 428 g/mol. The maximum atomic E-state index is 13.4. The molecule has 1 amide bonds. The predicted octanol–water partition coefficient (Wildman–Crippen LogP) is 5.19. The van der Waals surface area contributed by atoms with E-state index in [4.69, 9.17) is 0 Å². The first-order chi connectivity index (χ1) is 14.4. The zero-order valence-corrected chi connectivity index (χ0v) is 16.2. The van der Waals surface area contributed by atoms with Crippen LogP contribution >= 0.6 is 11.3 Å². The molecule has 1 unspecified atom stereocenters. The Morgan fingerprint density at radius 3 is 2.57 bits per heavy atom. The summed E-state index contributed by atoms with van der Waals surface area (Å²) in [5.41, 5.74) is 2.51. The molecule has 2 aromatic carbocycles. The highest BCUT2D eigenvalue weighted by Crippen LogP contribution is 2.39. The molecular formula is C21H15F3N4OS. The quantitative estimate of drug-likeness (QED) is 0.489. The van der Waals surface area contributed by atoms with E-state index in [1.807, 2.05) is 35.7 Å². The topological polar surface area (TPSA) is 49.6 Å². The maximum absolute atomic E-state index is 13.4. The number of carbonyl (C=O) groups excluding carboxylic acids is 1. The smallest absolute Gasteiger partial charge is 0.359 e. The number of hydrogen-bond donors (Lipinski definition) is 1. The predicted molar refractivity (Wildman–Crippen MR) is 108 cm³/mol. The molecule has 9 heteroatoms. The van der Waals surface area contributed by atoms with E-state index in [1.54, 1.807) is 28.8 Å². The molecule has 5 rings (SSSR count). The Labute approximate surface area is 173 Å². The highest BCUT2D eigenvalue weighted by molar-refractivity contribution is 7.15. The van der Waals surface area contributed by atoms with E-state index in [9.17, 15) is 18.0 Å². The van der Waals surface area contributed by atoms with Crippen LogP contribution in [0, 0.1) is 0 Å². The number of nitrogens with zero attached hydrogens (tertiary/aromatic N) is 3. The fourth-order valence-electron chi connectivity index (χ4n) is 3.74. The Kier molecular flexibility index (Phi) is 4.28. The van der Waals surface area contributed by atoms with Crippen LogP contribution in [0.5, 0.6) is 0 Å². The highest BCUT2D eigenvalue weighted by atomic mass is 32.1. The lowest BCUT2D eigenvalue weighted by molar-refractivity contribution is -0.144. The van der Waals surface area contributed by atoms with Gasteiger partial charge in [0.15, 0.2) is 4.96 Å². The average Bonchev–Trinajstić information content (AvgIpc) is 3.31. The SMILES string of the molecule is O=C1c2ccccc2NC(c2c(-c3ccccc3)nc3sccn23)N1CC(F)(F)F. The van der Waals surface area contributed by atoms with Gasteiger partial charge in [0.2, 0.25) is 0 Å². The minimum Gasteiger partial charge on any atom is -0.359 e. The summed E-state index contributed by atoms with van der Waals surface area (Å²) in [4.78, 5) is 19.2. The highest BCUT2D eigenvalue weighted by Gasteiger charge is 2.42. The fraction of sp³-hybridized carbons (Fsp3) is 0.143. The van der Waals surface area contributed by atoms with Crippen LogP contribution in [0.2, 0.25) is 0 Å². The number of para-hydroxylation sites is 1. The van der Waals surface area contributed by atoms with Crippen LogP contribution in [0.15, 0.2) is 66.2 Å². The van der Waals surface area contributed by atoms with E-state index in [0.717, 1.165) is 10.5 Å². The number of rotatable bonds is 3. The second-order valence-electron chi connectivity index (χ2n) is 6.91. The third kappa shape index (κ3) is 3.11. The number of benzene rings is 2. The van der Waals surface area contributed by atoms with Crippen molar-refractivity contribution in [3.63, 3.8) is 0 Å². The molecule has 1 aliphatic heterocycles. The van der Waals surface area contributed by atoms with Crippen LogP contribution in [0.3, 0.4) is 0 Å². The van der Waals surface area contributed by atoms with Gasteiger partial charge in [-0.3, -0.25) is 9.20 Å². The molecule has 30 heavy (non-hydrogen) atoms. The molecule has 1 N–H and O–H groups in total. The Balaban J connectivity index is 1.72. The molecule has 152 valence electrons. The summed E-state index contributed by atoms with van der Waals surface area (Å²) in [6.45, 7) is -1.37. The fourth-order valence-corrected chi connectivity index (χ4v) is 4.46. The largest absolute Gasteiger partial charge is 0.406 e. The van der Waals surface area contributed by atoms with Crippen molar-refractivity contribution < 1.29 is 18.0 Å². The first kappa shape index (κ1) is 18.7. The number of hydrogen-bond acceptors (Lipinski definition) is 4. The number of halogens is 3. The number of carbonyl (C=O) groups is 1. The Hall–Kier alpha value is -3.33. The van der Waals surface area contributed by atoms with E-state index in [0.29, 0.717) is 22.0 Å². The second-order valence-corrected chi connectivity index (χ2v) is 7.78. The molecule has 5 nitrogen and oxygen atoms in total. The molecule has 1 atom stereocenters. The molecular weight excluding hydrogens is 413 g/mol. The van der Waals surface area contributed by atoms with Gasteiger partial charge in [-0.2, -0.15) is 13.2 Å². The number of thiazole rings is 1. The Morgan fingerprint density at radius 1 is 1.07 bits per heavy atom. The summed E-state index contributed by atoms with van der Waals surface area (Å²) in [7, 11) is 0. The maximum Gasteiger partial charge on any atom is 0.406 e. The van der Waals surface area contributed by atoms with Crippen LogP contribution in [0.1, 0.15) is 22.2 Å². The van der Waals surface area contributed by atoms with Gasteiger partial charge in [0.05, 0.1) is 17.0 Å². The van der Waals surface area contributed by atoms with Crippen LogP contribution < -0.4 is 5.32 Å². The lowest BCUT2D eigenvalue weighted by Gasteiger charge is -2.38. The molecule has 0 fully saturated rings. The molecule has 4 aromatic rings. The number of fused-ring (bicyclic) bond motifs is 2. The summed E-state index contributed by atoms with van der Waals surface area (Å²) in [6, 6.07) is 15.8. The van der Waals surface area contributed by atoms with Gasteiger partial charge in [0.25, 0.3) is 5.91 Å². The van der Waals surface area contributed by atoms with Crippen LogP contribution in [0.25, 0.3) is 16.2 Å². The lowest BCUT2D eigenvalue weighted by atomic mass is 10.0. The van der Waals surface area contributed by atoms with Gasteiger partial charge >= 0.3 is 6.18 Å². The van der Waals surface area contributed by atoms with Crippen LogP contribution in [-0.4, -0.2) is 32.9 Å². The monoisotopic (exact) mass is 428 g/mol. The lowest BCUT2D eigenvalue weighted by Crippen LogP contribution is -2.47. The van der Waals surface area contributed by atoms with Crippen molar-refractivity contribution in [1.82, 2.24) is 14.3 Å². The normalized spacial score (nSPS) is 16.6. The molecule has 0 bridgehead atoms. The molecule has 2 aromatic heterocycles. The molecule has 0 saturated heterocycles. The van der Waals surface area contributed by atoms with E-state index < -0.39 is 24.8 Å². The van der Waals surface area contributed by atoms with E-state index in [1.165, 1.54) is 17.4 Å². The van der Waals surface area contributed by atoms with Crippen molar-refractivity contribution in [3.8, 4) is 11.3 Å². The van der Waals surface area contributed by atoms with Gasteiger partial charge in [-0.05, 0) is 12.1 Å². The molecule has 1 aliphatic rings. The van der Waals surface area contributed by atoms with Gasteiger partial charge in [-0.1, -0.05) is 42.5 Å². The number of nitrogens with one attached hydrogen (secondary N) is 1. The Bertz CT molecular complexity index is 1230. The summed E-state index contributed by atoms with van der Waals surface area (Å²) >= 11 is 1.38. The molecule has 0 radical (unpaired) electrons. The summed E-state index contributed by atoms with van der Waals surface area (Å²) < 4.78 is 42.1. The van der Waals surface area contributed by atoms with E-state index >= 15 is 0 Å². The van der Waals surface area contributed by atoms with Crippen molar-refractivity contribution in [2.24, 2.45) is 0 Å². The van der Waals surface area contributed by atoms with Crippen LogP contribution in [-0.2, 0) is 0 Å². The zero-order chi connectivity index (χ0) is 20.9. The first-order valence-corrected chi connectivity index (χ1v) is 10.0. The van der Waals surface area contributed by atoms with E-state index in [-0.39, 0.29) is 5.56 Å². The van der Waals surface area contributed by atoms with Gasteiger partial charge in [0.1, 0.15) is 12.7 Å². The van der Waals surface area contributed by atoms with E-state index in [2.05, 4.69) is 10.3 Å². The van der Waals surface area contributed by atoms with Gasteiger partial charge in [0, 0.05) is 22.8 Å². The molecule has 0 aliphatic carbocycles. The van der Waals surface area contributed by atoms with Crippen molar-refractivity contribution >= 4 is 27.9 Å². The number of alkyl halides is 3. The van der Waals surface area contributed by atoms with Crippen molar-refractivity contribution in [1.29, 1.82) is 0 Å². The number of anilines is 1. The number of aromatic nitrogens is 2. The third-order valence-electron chi connectivity index (χ3n) is 4.98. The zero-order valence-electron chi connectivity index (χ0n) is 15.4. The van der Waals surface area contributed by atoms with Crippen LogP contribution in [0.4, 0.5) is 18.9 Å². The van der Waals surface area contributed by atoms with Crippen molar-refractivity contribution in [2.45, 2.75) is 12.3 Å². The van der Waals surface area contributed by atoms with Gasteiger partial charge < -0.3 is 10.2 Å². The minimum absolute atomic E-state index is 0.213. The van der Waals surface area contributed by atoms with Crippen molar-refractivity contribution in [2.75, 3.05) is 11.9 Å². The molecule has 0 spiro atoms. The summed E-state index contributed by atoms with van der Waals surface area (Å²) in [5, 5.41) is 4.96. The minimum atomic E-state index is -4.55. The summed E-state index contributed by atoms with van der Waals surface area (Å²) in [5.74, 6) is -0.670. The number of amides is 1. The summed E-state index contributed by atoms with van der Waals surface area (Å²) in [6.07, 6.45) is -3.82. The van der Waals surface area contributed by atoms with Crippen molar-refractivity contribution in [3.05, 3.63) is 77.4 Å².